The van der Waals surface area contributed by atoms with Crippen molar-refractivity contribution in [2.24, 2.45) is 5.92 Å². The molecule has 1 aromatic rings. The van der Waals surface area contributed by atoms with Gasteiger partial charge >= 0.3 is 5.97 Å². The van der Waals surface area contributed by atoms with Crippen LogP contribution in [0.4, 0.5) is 5.69 Å². The quantitative estimate of drug-likeness (QED) is 0.604. The van der Waals surface area contributed by atoms with Crippen LogP contribution in [-0.4, -0.2) is 69.4 Å². The van der Waals surface area contributed by atoms with Gasteiger partial charge in [-0.3, -0.25) is 14.4 Å². The molecule has 9 heteroatoms. The lowest BCUT2D eigenvalue weighted by Crippen LogP contribution is -2.42. The number of anilines is 1. The Kier molecular flexibility index (Phi) is 6.35. The lowest BCUT2D eigenvalue weighted by atomic mass is 10.1. The molecule has 2 aliphatic rings. The van der Waals surface area contributed by atoms with E-state index in [0.29, 0.717) is 17.2 Å². The Balaban J connectivity index is 1.69. The average Bonchev–Trinajstić information content (AvgIpc) is 3.30. The molecule has 1 aromatic carbocycles. The van der Waals surface area contributed by atoms with Gasteiger partial charge in [-0.2, -0.15) is 0 Å². The van der Waals surface area contributed by atoms with Crippen molar-refractivity contribution in [3.63, 3.8) is 0 Å². The number of hydrogen-bond acceptors (Lipinski definition) is 7. The third-order valence-corrected chi connectivity index (χ3v) is 4.64. The zero-order valence-electron chi connectivity index (χ0n) is 16.0. The van der Waals surface area contributed by atoms with E-state index in [4.69, 9.17) is 18.9 Å². The molecule has 0 aliphatic carbocycles. The lowest BCUT2D eigenvalue weighted by molar-refractivity contribution is -0.150. The number of benzene rings is 1. The number of hydrogen-bond donors (Lipinski definition) is 0. The van der Waals surface area contributed by atoms with Gasteiger partial charge in [0, 0.05) is 38.4 Å². The Morgan fingerprint density at radius 1 is 1.29 bits per heavy atom. The second-order valence-corrected chi connectivity index (χ2v) is 6.50. The second-order valence-electron chi connectivity index (χ2n) is 6.50. The molecular formula is C19H24N2O7. The summed E-state index contributed by atoms with van der Waals surface area (Å²) in [7, 11) is 1.52. The van der Waals surface area contributed by atoms with Crippen LogP contribution in [0.25, 0.3) is 0 Å². The van der Waals surface area contributed by atoms with E-state index in [1.165, 1.54) is 12.0 Å². The van der Waals surface area contributed by atoms with Crippen LogP contribution < -0.4 is 14.4 Å². The molecule has 2 aliphatic heterocycles. The van der Waals surface area contributed by atoms with Gasteiger partial charge in [0.15, 0.2) is 11.5 Å². The summed E-state index contributed by atoms with van der Waals surface area (Å²) < 4.78 is 20.6. The molecule has 1 saturated heterocycles. The lowest BCUT2D eigenvalue weighted by Gasteiger charge is -2.24. The molecular weight excluding hydrogens is 368 g/mol. The van der Waals surface area contributed by atoms with Gasteiger partial charge < -0.3 is 28.7 Å². The minimum absolute atomic E-state index is 0.0829. The first-order valence-corrected chi connectivity index (χ1v) is 9.16. The first-order chi connectivity index (χ1) is 13.5. The number of carbonyl (C=O) groups excluding carboxylic acids is 3. The van der Waals surface area contributed by atoms with Crippen molar-refractivity contribution in [2.45, 2.75) is 13.3 Å². The summed E-state index contributed by atoms with van der Waals surface area (Å²) >= 11 is 0. The van der Waals surface area contributed by atoms with Crippen molar-refractivity contribution in [2.75, 3.05) is 51.7 Å². The first kappa shape index (κ1) is 19.9. The number of rotatable bonds is 8. The Hall–Kier alpha value is -2.81. The summed E-state index contributed by atoms with van der Waals surface area (Å²) in [4.78, 5) is 40.2. The summed E-state index contributed by atoms with van der Waals surface area (Å²) in [5, 5.41) is 0. The molecule has 0 radical (unpaired) electrons. The van der Waals surface area contributed by atoms with Crippen molar-refractivity contribution < 1.29 is 33.3 Å². The number of nitrogens with zero attached hydrogens (tertiary/aromatic N) is 2. The predicted octanol–water partition coefficient (Wildman–Crippen LogP) is 0.806. The predicted molar refractivity (Wildman–Crippen MR) is 98.1 cm³/mol. The van der Waals surface area contributed by atoms with E-state index in [1.54, 1.807) is 30.0 Å². The molecule has 3 rings (SSSR count). The van der Waals surface area contributed by atoms with E-state index >= 15 is 0 Å². The van der Waals surface area contributed by atoms with Crippen molar-refractivity contribution in [3.05, 3.63) is 18.2 Å². The third-order valence-electron chi connectivity index (χ3n) is 4.64. The van der Waals surface area contributed by atoms with Crippen LogP contribution in [0.15, 0.2) is 18.2 Å². The van der Waals surface area contributed by atoms with E-state index in [1.807, 2.05) is 0 Å². The zero-order valence-corrected chi connectivity index (χ0v) is 16.0. The Morgan fingerprint density at radius 2 is 2.07 bits per heavy atom. The normalized spacial score (nSPS) is 17.7. The molecule has 0 saturated carbocycles. The summed E-state index contributed by atoms with van der Waals surface area (Å²) in [5.41, 5.74) is 0.651. The summed E-state index contributed by atoms with van der Waals surface area (Å²) in [6, 6.07) is 5.24. The SMILES string of the molecule is CCOC(=O)CN(CCOC)C(=O)C1CC(=O)N(c2ccc3c(c2)OCO3)C1. The number of ether oxygens (including phenoxy) is 4. The molecule has 28 heavy (non-hydrogen) atoms. The molecule has 0 N–H and O–H groups in total. The molecule has 1 atom stereocenters. The summed E-state index contributed by atoms with van der Waals surface area (Å²) in [6.07, 6.45) is 0.0829. The van der Waals surface area contributed by atoms with Crippen molar-refractivity contribution in [1.82, 2.24) is 4.90 Å². The standard InChI is InChI=1S/C19H24N2O7/c1-3-26-18(23)11-20(6-7-25-2)19(24)13-8-17(22)21(10-13)14-4-5-15-16(9-14)28-12-27-15/h4-5,9,13H,3,6-8,10-12H2,1-2H3. The minimum atomic E-state index is -0.538. The van der Waals surface area contributed by atoms with Gasteiger partial charge in [0.25, 0.3) is 0 Å². The zero-order chi connectivity index (χ0) is 20.1. The second kappa shape index (κ2) is 8.92. The van der Waals surface area contributed by atoms with E-state index in [2.05, 4.69) is 0 Å². The molecule has 2 amide bonds. The third kappa shape index (κ3) is 4.36. The molecule has 2 heterocycles. The fourth-order valence-corrected chi connectivity index (χ4v) is 3.26. The molecule has 152 valence electrons. The smallest absolute Gasteiger partial charge is 0.325 e. The Bertz CT molecular complexity index is 752. The maximum atomic E-state index is 12.9. The molecule has 0 spiro atoms. The molecule has 9 nitrogen and oxygen atoms in total. The van der Waals surface area contributed by atoms with E-state index < -0.39 is 11.9 Å². The maximum Gasteiger partial charge on any atom is 0.325 e. The fourth-order valence-electron chi connectivity index (χ4n) is 3.26. The van der Waals surface area contributed by atoms with E-state index in [0.717, 1.165) is 0 Å². The average molecular weight is 392 g/mol. The van der Waals surface area contributed by atoms with Crippen LogP contribution in [0.3, 0.4) is 0 Å². The van der Waals surface area contributed by atoms with Gasteiger partial charge in [-0.25, -0.2) is 0 Å². The molecule has 1 unspecified atom stereocenters. The topological polar surface area (TPSA) is 94.6 Å². The van der Waals surface area contributed by atoms with Gasteiger partial charge in [-0.15, -0.1) is 0 Å². The number of fused-ring (bicyclic) bond motifs is 1. The van der Waals surface area contributed by atoms with Crippen LogP contribution in [0.1, 0.15) is 13.3 Å². The van der Waals surface area contributed by atoms with Gasteiger partial charge in [-0.1, -0.05) is 0 Å². The molecule has 1 fully saturated rings. The first-order valence-electron chi connectivity index (χ1n) is 9.16. The highest BCUT2D eigenvalue weighted by Crippen LogP contribution is 2.37. The van der Waals surface area contributed by atoms with Gasteiger partial charge in [-0.05, 0) is 19.1 Å². The monoisotopic (exact) mass is 392 g/mol. The Labute approximate surface area is 163 Å². The van der Waals surface area contributed by atoms with Gasteiger partial charge in [0.1, 0.15) is 6.54 Å². The number of esters is 1. The number of carbonyl (C=O) groups is 3. The van der Waals surface area contributed by atoms with Crippen molar-refractivity contribution in [3.8, 4) is 11.5 Å². The molecule has 0 bridgehead atoms. The van der Waals surface area contributed by atoms with Crippen LogP contribution in [0.5, 0.6) is 11.5 Å². The summed E-state index contributed by atoms with van der Waals surface area (Å²) in [5.74, 6) is -0.234. The highest BCUT2D eigenvalue weighted by molar-refractivity contribution is 6.00. The fraction of sp³-hybridized carbons (Fsp3) is 0.526. The maximum absolute atomic E-state index is 12.9. The van der Waals surface area contributed by atoms with Gasteiger partial charge in [0.2, 0.25) is 18.6 Å². The summed E-state index contributed by atoms with van der Waals surface area (Å²) in [6.45, 7) is 2.72. The van der Waals surface area contributed by atoms with Crippen LogP contribution in [-0.2, 0) is 23.9 Å². The van der Waals surface area contributed by atoms with Crippen molar-refractivity contribution in [1.29, 1.82) is 0 Å². The minimum Gasteiger partial charge on any atom is -0.465 e. The van der Waals surface area contributed by atoms with E-state index in [-0.39, 0.29) is 57.9 Å². The van der Waals surface area contributed by atoms with Crippen LogP contribution in [0, 0.1) is 5.92 Å². The highest BCUT2D eigenvalue weighted by atomic mass is 16.7. The van der Waals surface area contributed by atoms with E-state index in [9.17, 15) is 14.4 Å². The Morgan fingerprint density at radius 3 is 2.82 bits per heavy atom. The number of methoxy groups -OCH3 is 1. The largest absolute Gasteiger partial charge is 0.465 e. The number of amides is 2. The highest BCUT2D eigenvalue weighted by Gasteiger charge is 2.38. The van der Waals surface area contributed by atoms with Crippen LogP contribution >= 0.6 is 0 Å². The van der Waals surface area contributed by atoms with Crippen LogP contribution in [0.2, 0.25) is 0 Å². The molecule has 0 aromatic heterocycles. The van der Waals surface area contributed by atoms with Gasteiger partial charge in [0.05, 0.1) is 19.1 Å². The van der Waals surface area contributed by atoms with Crippen molar-refractivity contribution >= 4 is 23.5 Å².